The lowest BCUT2D eigenvalue weighted by atomic mass is 9.85. The SMILES string of the molecule is CCC1CCCC(OCc2ccnc(N)c2)C1. The first-order chi connectivity index (χ1) is 8.28. The third kappa shape index (κ3) is 3.70. The zero-order valence-corrected chi connectivity index (χ0v) is 10.6. The largest absolute Gasteiger partial charge is 0.384 e. The van der Waals surface area contributed by atoms with Crippen LogP contribution in [0.15, 0.2) is 18.3 Å². The zero-order valence-electron chi connectivity index (χ0n) is 10.6. The summed E-state index contributed by atoms with van der Waals surface area (Å²) >= 11 is 0. The molecule has 1 aliphatic carbocycles. The molecule has 2 rings (SSSR count). The molecule has 0 aromatic carbocycles. The lowest BCUT2D eigenvalue weighted by molar-refractivity contribution is 0.00176. The number of anilines is 1. The van der Waals surface area contributed by atoms with Crippen LogP contribution < -0.4 is 5.73 Å². The van der Waals surface area contributed by atoms with Crippen molar-refractivity contribution >= 4 is 5.82 Å². The number of nitrogens with zero attached hydrogens (tertiary/aromatic N) is 1. The summed E-state index contributed by atoms with van der Waals surface area (Å²) in [5, 5.41) is 0. The summed E-state index contributed by atoms with van der Waals surface area (Å²) in [6.07, 6.45) is 8.56. The van der Waals surface area contributed by atoms with E-state index in [2.05, 4.69) is 11.9 Å². The van der Waals surface area contributed by atoms with Crippen molar-refractivity contribution in [3.8, 4) is 0 Å². The third-order valence-corrected chi connectivity index (χ3v) is 3.64. The Bertz CT molecular complexity index is 354. The second-order valence-electron chi connectivity index (χ2n) is 4.96. The number of rotatable bonds is 4. The molecule has 0 amide bonds. The van der Waals surface area contributed by atoms with Crippen LogP contribution in [0.4, 0.5) is 5.82 Å². The molecule has 1 saturated carbocycles. The van der Waals surface area contributed by atoms with Crippen molar-refractivity contribution in [3.63, 3.8) is 0 Å². The first kappa shape index (κ1) is 12.4. The van der Waals surface area contributed by atoms with Gasteiger partial charge in [0, 0.05) is 6.20 Å². The molecule has 2 N–H and O–H groups in total. The van der Waals surface area contributed by atoms with Crippen molar-refractivity contribution in [3.05, 3.63) is 23.9 Å². The van der Waals surface area contributed by atoms with E-state index in [1.54, 1.807) is 6.20 Å². The maximum Gasteiger partial charge on any atom is 0.123 e. The third-order valence-electron chi connectivity index (χ3n) is 3.64. The highest BCUT2D eigenvalue weighted by molar-refractivity contribution is 5.31. The summed E-state index contributed by atoms with van der Waals surface area (Å²) in [6.45, 7) is 2.93. The molecule has 0 aliphatic heterocycles. The second kappa shape index (κ2) is 6.01. The van der Waals surface area contributed by atoms with E-state index in [1.165, 1.54) is 32.1 Å². The van der Waals surface area contributed by atoms with E-state index in [4.69, 9.17) is 10.5 Å². The minimum absolute atomic E-state index is 0.433. The van der Waals surface area contributed by atoms with Gasteiger partial charge in [0.25, 0.3) is 0 Å². The summed E-state index contributed by atoms with van der Waals surface area (Å²) in [7, 11) is 0. The van der Waals surface area contributed by atoms with Gasteiger partial charge in [0.05, 0.1) is 12.7 Å². The topological polar surface area (TPSA) is 48.1 Å². The predicted molar refractivity (Wildman–Crippen MR) is 69.5 cm³/mol. The average molecular weight is 234 g/mol. The standard InChI is InChI=1S/C14H22N2O/c1-2-11-4-3-5-13(8-11)17-10-12-6-7-16-14(15)9-12/h6-7,9,11,13H,2-5,8,10H2,1H3,(H2,15,16). The molecule has 1 aliphatic rings. The monoisotopic (exact) mass is 234 g/mol. The highest BCUT2D eigenvalue weighted by atomic mass is 16.5. The van der Waals surface area contributed by atoms with Crippen molar-refractivity contribution < 1.29 is 4.74 Å². The van der Waals surface area contributed by atoms with Crippen LogP contribution in [0, 0.1) is 5.92 Å². The molecule has 2 atom stereocenters. The second-order valence-corrected chi connectivity index (χ2v) is 4.96. The van der Waals surface area contributed by atoms with Gasteiger partial charge in [-0.15, -0.1) is 0 Å². The summed E-state index contributed by atoms with van der Waals surface area (Å²) in [4.78, 5) is 3.98. The molecule has 3 heteroatoms. The van der Waals surface area contributed by atoms with Crippen LogP contribution in [-0.4, -0.2) is 11.1 Å². The lowest BCUT2D eigenvalue weighted by Gasteiger charge is -2.28. The molecule has 0 bridgehead atoms. The van der Waals surface area contributed by atoms with Gasteiger partial charge >= 0.3 is 0 Å². The van der Waals surface area contributed by atoms with Crippen LogP contribution in [-0.2, 0) is 11.3 Å². The van der Waals surface area contributed by atoms with Gasteiger partial charge in [0.15, 0.2) is 0 Å². The van der Waals surface area contributed by atoms with E-state index in [-0.39, 0.29) is 0 Å². The van der Waals surface area contributed by atoms with Gasteiger partial charge in [-0.25, -0.2) is 4.98 Å². The molecule has 94 valence electrons. The van der Waals surface area contributed by atoms with Crippen molar-refractivity contribution in [2.45, 2.75) is 51.7 Å². The smallest absolute Gasteiger partial charge is 0.123 e. The van der Waals surface area contributed by atoms with Crippen molar-refractivity contribution in [1.82, 2.24) is 4.98 Å². The van der Waals surface area contributed by atoms with E-state index >= 15 is 0 Å². The Kier molecular flexibility index (Phi) is 4.37. The fourth-order valence-corrected chi connectivity index (χ4v) is 2.56. The number of hydrogen-bond acceptors (Lipinski definition) is 3. The predicted octanol–water partition coefficient (Wildman–Crippen LogP) is 3.15. The summed E-state index contributed by atoms with van der Waals surface area (Å²) in [5.41, 5.74) is 6.77. The van der Waals surface area contributed by atoms with Crippen molar-refractivity contribution in [2.24, 2.45) is 5.92 Å². The maximum atomic E-state index is 5.97. The first-order valence-electron chi connectivity index (χ1n) is 6.60. The van der Waals surface area contributed by atoms with Gasteiger partial charge in [-0.1, -0.05) is 26.2 Å². The number of nitrogens with two attached hydrogens (primary N) is 1. The molecule has 2 unspecified atom stereocenters. The zero-order chi connectivity index (χ0) is 12.1. The van der Waals surface area contributed by atoms with Gasteiger partial charge in [0.2, 0.25) is 0 Å². The van der Waals surface area contributed by atoms with E-state index in [0.717, 1.165) is 11.5 Å². The Morgan fingerprint density at radius 3 is 3.12 bits per heavy atom. The quantitative estimate of drug-likeness (QED) is 0.870. The van der Waals surface area contributed by atoms with Crippen molar-refractivity contribution in [2.75, 3.05) is 5.73 Å². The molecule has 1 fully saturated rings. The normalized spacial score (nSPS) is 24.8. The van der Waals surface area contributed by atoms with Gasteiger partial charge in [-0.3, -0.25) is 0 Å². The molecular formula is C14H22N2O. The minimum atomic E-state index is 0.433. The maximum absolute atomic E-state index is 5.97. The fourth-order valence-electron chi connectivity index (χ4n) is 2.56. The summed E-state index contributed by atoms with van der Waals surface area (Å²) in [5.74, 6) is 1.43. The number of pyridine rings is 1. The molecule has 1 aromatic rings. The number of hydrogen-bond donors (Lipinski definition) is 1. The van der Waals surface area contributed by atoms with E-state index in [1.807, 2.05) is 12.1 Å². The Morgan fingerprint density at radius 2 is 2.35 bits per heavy atom. The summed E-state index contributed by atoms with van der Waals surface area (Å²) in [6, 6.07) is 3.86. The van der Waals surface area contributed by atoms with Crippen LogP contribution in [0.3, 0.4) is 0 Å². The Morgan fingerprint density at radius 1 is 1.47 bits per heavy atom. The van der Waals surface area contributed by atoms with Gasteiger partial charge in [-0.05, 0) is 36.5 Å². The van der Waals surface area contributed by atoms with E-state index < -0.39 is 0 Å². The van der Waals surface area contributed by atoms with Crippen LogP contribution >= 0.6 is 0 Å². The Labute approximate surface area is 103 Å². The van der Waals surface area contributed by atoms with Crippen molar-refractivity contribution in [1.29, 1.82) is 0 Å². The van der Waals surface area contributed by atoms with Crippen LogP contribution in [0.1, 0.15) is 44.6 Å². The van der Waals surface area contributed by atoms with Gasteiger partial charge < -0.3 is 10.5 Å². The number of nitrogen functional groups attached to an aromatic ring is 1. The molecular weight excluding hydrogens is 212 g/mol. The summed E-state index contributed by atoms with van der Waals surface area (Å²) < 4.78 is 5.97. The lowest BCUT2D eigenvalue weighted by Crippen LogP contribution is -2.22. The van der Waals surface area contributed by atoms with E-state index in [9.17, 15) is 0 Å². The molecule has 0 radical (unpaired) electrons. The van der Waals surface area contributed by atoms with Gasteiger partial charge in [-0.2, -0.15) is 0 Å². The molecule has 0 saturated heterocycles. The Balaban J connectivity index is 1.81. The van der Waals surface area contributed by atoms with Crippen LogP contribution in [0.5, 0.6) is 0 Å². The van der Waals surface area contributed by atoms with Crippen LogP contribution in [0.25, 0.3) is 0 Å². The first-order valence-corrected chi connectivity index (χ1v) is 6.60. The van der Waals surface area contributed by atoms with Crippen LogP contribution in [0.2, 0.25) is 0 Å². The highest BCUT2D eigenvalue weighted by Crippen LogP contribution is 2.28. The fraction of sp³-hybridized carbons (Fsp3) is 0.643. The van der Waals surface area contributed by atoms with Gasteiger partial charge in [0.1, 0.15) is 5.82 Å². The highest BCUT2D eigenvalue weighted by Gasteiger charge is 2.21. The average Bonchev–Trinajstić information content (AvgIpc) is 2.37. The number of aromatic nitrogens is 1. The minimum Gasteiger partial charge on any atom is -0.384 e. The van der Waals surface area contributed by atoms with E-state index in [0.29, 0.717) is 18.5 Å². The molecule has 17 heavy (non-hydrogen) atoms. The molecule has 1 aromatic heterocycles. The number of ether oxygens (including phenoxy) is 1. The molecule has 0 spiro atoms. The molecule has 3 nitrogen and oxygen atoms in total. The Hall–Kier alpha value is -1.09. The molecule has 1 heterocycles.